The first-order valence-electron chi connectivity index (χ1n) is 7.94. The van der Waals surface area contributed by atoms with Crippen LogP contribution in [0.3, 0.4) is 0 Å². The lowest BCUT2D eigenvalue weighted by Gasteiger charge is -2.31. The van der Waals surface area contributed by atoms with Crippen molar-refractivity contribution in [2.24, 2.45) is 0 Å². The van der Waals surface area contributed by atoms with E-state index in [0.717, 1.165) is 0 Å². The smallest absolute Gasteiger partial charge is 0.336 e. The molecule has 4 N–H and O–H groups in total. The monoisotopic (exact) mass is 444 g/mol. The van der Waals surface area contributed by atoms with Crippen LogP contribution in [0.2, 0.25) is 15.1 Å². The van der Waals surface area contributed by atoms with Crippen molar-refractivity contribution in [3.8, 4) is 0 Å². The number of carbonyl (C=O) groups excluding carboxylic acids is 1. The summed E-state index contributed by atoms with van der Waals surface area (Å²) in [7, 11) is 0. The maximum Gasteiger partial charge on any atom is 0.336 e. The molecule has 0 spiro atoms. The highest BCUT2D eigenvalue weighted by atomic mass is 35.5. The zero-order valence-electron chi connectivity index (χ0n) is 14.3. The molecule has 142 valence electrons. The van der Waals surface area contributed by atoms with Gasteiger partial charge in [-0.3, -0.25) is 0 Å². The number of hydrogen-bond acceptors (Lipinski definition) is 6. The quantitative estimate of drug-likeness (QED) is 0.347. The average Bonchev–Trinajstić information content (AvgIpc) is 2.57. The molecule has 3 rings (SSSR count). The van der Waals surface area contributed by atoms with E-state index in [4.69, 9.17) is 57.5 Å². The number of nitrogen functional groups attached to an aromatic ring is 1. The summed E-state index contributed by atoms with van der Waals surface area (Å²) in [5.41, 5.74) is 7.97. The topological polar surface area (TPSA) is 93.0 Å². The number of H-pyrrole nitrogens is 1. The number of halogens is 3. The number of hydrogen-bond donors (Lipinski definition) is 3. The number of esters is 1. The van der Waals surface area contributed by atoms with Gasteiger partial charge in [-0.15, -0.1) is 0 Å². The van der Waals surface area contributed by atoms with Gasteiger partial charge in [0.2, 0.25) is 0 Å². The predicted molar refractivity (Wildman–Crippen MR) is 110 cm³/mol. The Labute approximate surface area is 175 Å². The second-order valence-corrected chi connectivity index (χ2v) is 7.37. The van der Waals surface area contributed by atoms with E-state index < -0.39 is 11.9 Å². The zero-order chi connectivity index (χ0) is 19.9. The molecule has 6 nitrogen and oxygen atoms in total. The van der Waals surface area contributed by atoms with Crippen molar-refractivity contribution in [1.82, 2.24) is 9.97 Å². The van der Waals surface area contributed by atoms with Gasteiger partial charge in [0, 0.05) is 21.8 Å². The lowest BCUT2D eigenvalue weighted by molar-refractivity contribution is -0.138. The second-order valence-electron chi connectivity index (χ2n) is 5.79. The minimum Gasteiger partial charge on any atom is -0.463 e. The van der Waals surface area contributed by atoms with E-state index in [2.05, 4.69) is 15.3 Å². The van der Waals surface area contributed by atoms with Crippen LogP contribution in [0.1, 0.15) is 30.9 Å². The fraction of sp³-hybridized carbons (Fsp3) is 0.235. The van der Waals surface area contributed by atoms with Gasteiger partial charge in [-0.25, -0.2) is 9.78 Å². The molecule has 0 saturated heterocycles. The van der Waals surface area contributed by atoms with Crippen LogP contribution in [-0.2, 0) is 9.53 Å². The van der Waals surface area contributed by atoms with E-state index in [1.54, 1.807) is 26.0 Å². The Kier molecular flexibility index (Phi) is 5.67. The van der Waals surface area contributed by atoms with Crippen molar-refractivity contribution in [3.63, 3.8) is 0 Å². The van der Waals surface area contributed by atoms with Crippen LogP contribution in [0.4, 0.5) is 11.6 Å². The second kappa shape index (κ2) is 7.67. The maximum absolute atomic E-state index is 12.8. The van der Waals surface area contributed by atoms with E-state index in [1.165, 1.54) is 0 Å². The van der Waals surface area contributed by atoms with Crippen LogP contribution in [0, 0.1) is 4.77 Å². The molecule has 1 unspecified atom stereocenters. The Morgan fingerprint density at radius 3 is 2.63 bits per heavy atom. The number of nitrogens with zero attached hydrogens (tertiary/aromatic N) is 1. The van der Waals surface area contributed by atoms with Crippen LogP contribution < -0.4 is 11.1 Å². The molecule has 27 heavy (non-hydrogen) atoms. The highest BCUT2D eigenvalue weighted by Crippen LogP contribution is 2.49. The summed E-state index contributed by atoms with van der Waals surface area (Å²) in [4.78, 5) is 19.8. The summed E-state index contributed by atoms with van der Waals surface area (Å²) in [6.45, 7) is 3.66. The summed E-state index contributed by atoms with van der Waals surface area (Å²) in [5, 5.41) is 3.92. The van der Waals surface area contributed by atoms with Crippen LogP contribution in [-0.4, -0.2) is 22.5 Å². The molecule has 1 atom stereocenters. The first-order valence-corrected chi connectivity index (χ1v) is 9.48. The molecule has 2 heterocycles. The van der Waals surface area contributed by atoms with E-state index in [9.17, 15) is 4.79 Å². The van der Waals surface area contributed by atoms with Crippen LogP contribution in [0.15, 0.2) is 23.4 Å². The largest absolute Gasteiger partial charge is 0.463 e. The zero-order valence-corrected chi connectivity index (χ0v) is 17.4. The molecule has 1 aliphatic heterocycles. The molecular formula is C17H15Cl3N4O2S. The minimum atomic E-state index is -0.738. The lowest BCUT2D eigenvalue weighted by atomic mass is 9.81. The molecule has 1 aromatic heterocycles. The Hall–Kier alpha value is -1.80. The number of anilines is 2. The molecule has 0 radical (unpaired) electrons. The van der Waals surface area contributed by atoms with Gasteiger partial charge >= 0.3 is 5.97 Å². The molecule has 0 aliphatic carbocycles. The van der Waals surface area contributed by atoms with Gasteiger partial charge in [-0.2, -0.15) is 0 Å². The highest BCUT2D eigenvalue weighted by Gasteiger charge is 2.38. The average molecular weight is 446 g/mol. The summed E-state index contributed by atoms with van der Waals surface area (Å²) in [5.74, 6) is -0.603. The summed E-state index contributed by atoms with van der Waals surface area (Å²) in [6, 6.07) is 3.19. The molecule has 0 fully saturated rings. The number of nitrogens with two attached hydrogens (primary N) is 1. The van der Waals surface area contributed by atoms with Gasteiger partial charge in [0.1, 0.15) is 11.6 Å². The van der Waals surface area contributed by atoms with Gasteiger partial charge in [-0.1, -0.05) is 34.8 Å². The summed E-state index contributed by atoms with van der Waals surface area (Å²) >= 11 is 24.2. The van der Waals surface area contributed by atoms with Gasteiger partial charge in [0.15, 0.2) is 4.77 Å². The first-order chi connectivity index (χ1) is 12.8. The van der Waals surface area contributed by atoms with E-state index in [1.807, 2.05) is 0 Å². The van der Waals surface area contributed by atoms with Crippen molar-refractivity contribution in [2.45, 2.75) is 19.8 Å². The predicted octanol–water partition coefficient (Wildman–Crippen LogP) is 5.08. The number of nitrogens with one attached hydrogen (secondary N) is 2. The van der Waals surface area contributed by atoms with E-state index in [-0.39, 0.29) is 22.2 Å². The maximum atomic E-state index is 12.8. The number of carbonyl (C=O) groups is 1. The van der Waals surface area contributed by atoms with Crippen molar-refractivity contribution < 1.29 is 9.53 Å². The molecule has 0 saturated carbocycles. The number of aromatic amines is 1. The third kappa shape index (κ3) is 3.52. The highest BCUT2D eigenvalue weighted by molar-refractivity contribution is 7.71. The SMILES string of the molecule is CCOC(=O)C1=C(C)Nc2nc(=S)[nH]c(N)c2C1c1c(Cl)ccc(Cl)c1Cl. The van der Waals surface area contributed by atoms with Crippen molar-refractivity contribution in [1.29, 1.82) is 0 Å². The fourth-order valence-corrected chi connectivity index (χ4v) is 4.02. The van der Waals surface area contributed by atoms with Gasteiger partial charge in [0.25, 0.3) is 0 Å². The third-order valence-electron chi connectivity index (χ3n) is 4.15. The number of allylic oxidation sites excluding steroid dienone is 1. The number of rotatable bonds is 3. The van der Waals surface area contributed by atoms with Crippen LogP contribution in [0.25, 0.3) is 0 Å². The summed E-state index contributed by atoms with van der Waals surface area (Å²) < 4.78 is 5.45. The van der Waals surface area contributed by atoms with Crippen molar-refractivity contribution in [3.05, 3.63) is 54.4 Å². The van der Waals surface area contributed by atoms with Gasteiger partial charge in [0.05, 0.1) is 28.1 Å². The van der Waals surface area contributed by atoms with Crippen molar-refractivity contribution in [2.75, 3.05) is 17.7 Å². The molecule has 2 aromatic rings. The van der Waals surface area contributed by atoms with Crippen LogP contribution in [0.5, 0.6) is 0 Å². The molecule has 1 aromatic carbocycles. The van der Waals surface area contributed by atoms with Gasteiger partial charge < -0.3 is 20.8 Å². The molecule has 0 amide bonds. The number of ether oxygens (including phenoxy) is 1. The molecule has 10 heteroatoms. The Morgan fingerprint density at radius 1 is 1.30 bits per heavy atom. The lowest BCUT2D eigenvalue weighted by Crippen LogP contribution is -2.27. The number of fused-ring (bicyclic) bond motifs is 1. The van der Waals surface area contributed by atoms with E-state index >= 15 is 0 Å². The fourth-order valence-electron chi connectivity index (χ4n) is 3.07. The number of aromatic nitrogens is 2. The van der Waals surface area contributed by atoms with E-state index in [0.29, 0.717) is 38.3 Å². The number of benzene rings is 1. The Bertz CT molecular complexity index is 1040. The van der Waals surface area contributed by atoms with Crippen molar-refractivity contribution >= 4 is 64.6 Å². The first kappa shape index (κ1) is 19.9. The Morgan fingerprint density at radius 2 is 1.96 bits per heavy atom. The molecular weight excluding hydrogens is 431 g/mol. The Balaban J connectivity index is 2.38. The van der Waals surface area contributed by atoms with Gasteiger partial charge in [-0.05, 0) is 38.2 Å². The minimum absolute atomic E-state index is 0.202. The molecule has 0 bridgehead atoms. The normalized spacial score (nSPS) is 16.0. The third-order valence-corrected chi connectivity index (χ3v) is 5.49. The summed E-state index contributed by atoms with van der Waals surface area (Å²) in [6.07, 6.45) is 0. The standard InChI is InChI=1S/C17H15Cl3N4O2S/c1-3-26-16(25)9-6(2)22-15-12(14(21)23-17(27)24-15)11(9)10-7(18)4-5-8(19)13(10)20/h4-5,11H,3H2,1-2H3,(H4,21,22,23,24,27). The van der Waals surface area contributed by atoms with Crippen LogP contribution >= 0.6 is 47.0 Å². The molecule has 1 aliphatic rings.